The molecule has 2 aliphatic rings. The van der Waals surface area contributed by atoms with Gasteiger partial charge in [0.1, 0.15) is 12.1 Å². The molecule has 2 fully saturated rings. The van der Waals surface area contributed by atoms with E-state index in [1.54, 1.807) is 7.11 Å². The van der Waals surface area contributed by atoms with Crippen molar-refractivity contribution in [2.24, 2.45) is 0 Å². The molecule has 2 saturated heterocycles. The van der Waals surface area contributed by atoms with Gasteiger partial charge in [-0.25, -0.2) is 9.97 Å². The summed E-state index contributed by atoms with van der Waals surface area (Å²) >= 11 is 0. The number of ether oxygens (including phenoxy) is 2. The lowest BCUT2D eigenvalue weighted by atomic mass is 10.1. The molecule has 22 heavy (non-hydrogen) atoms. The fourth-order valence-electron chi connectivity index (χ4n) is 2.93. The predicted octanol–water partition coefficient (Wildman–Crippen LogP) is 0.703. The van der Waals surface area contributed by atoms with Crippen LogP contribution in [0.2, 0.25) is 0 Å². The molecule has 2 aliphatic heterocycles. The Morgan fingerprint density at radius 1 is 1.36 bits per heavy atom. The number of aromatic nitrogens is 2. The van der Waals surface area contributed by atoms with Crippen LogP contribution in [0.1, 0.15) is 19.3 Å². The Balaban J connectivity index is 1.52. The molecule has 1 unspecified atom stereocenters. The third-order valence-electron chi connectivity index (χ3n) is 4.22. The molecule has 0 radical (unpaired) electrons. The number of carbonyl (C=O) groups is 1. The lowest BCUT2D eigenvalue weighted by Crippen LogP contribution is -2.49. The van der Waals surface area contributed by atoms with E-state index in [1.807, 2.05) is 11.0 Å². The maximum Gasteiger partial charge on any atom is 0.225 e. The highest BCUT2D eigenvalue weighted by molar-refractivity contribution is 5.77. The molecule has 0 aliphatic carbocycles. The summed E-state index contributed by atoms with van der Waals surface area (Å²) in [6.07, 6.45) is 4.22. The van der Waals surface area contributed by atoms with Gasteiger partial charge < -0.3 is 19.3 Å². The summed E-state index contributed by atoms with van der Waals surface area (Å²) in [4.78, 5) is 24.6. The first-order valence-electron chi connectivity index (χ1n) is 7.76. The van der Waals surface area contributed by atoms with Gasteiger partial charge in [-0.15, -0.1) is 0 Å². The Labute approximate surface area is 130 Å². The van der Waals surface area contributed by atoms with Gasteiger partial charge in [-0.05, 0) is 12.8 Å². The van der Waals surface area contributed by atoms with Crippen molar-refractivity contribution in [3.05, 3.63) is 12.4 Å². The van der Waals surface area contributed by atoms with E-state index in [9.17, 15) is 4.79 Å². The van der Waals surface area contributed by atoms with E-state index in [1.165, 1.54) is 6.33 Å². The maximum absolute atomic E-state index is 12.3. The normalized spacial score (nSPS) is 22.0. The Morgan fingerprint density at radius 2 is 2.18 bits per heavy atom. The minimum absolute atomic E-state index is 0.122. The maximum atomic E-state index is 12.3. The first-order valence-corrected chi connectivity index (χ1v) is 7.76. The molecule has 1 aromatic heterocycles. The molecule has 0 saturated carbocycles. The van der Waals surface area contributed by atoms with E-state index in [2.05, 4.69) is 14.9 Å². The third-order valence-corrected chi connectivity index (χ3v) is 4.22. The van der Waals surface area contributed by atoms with Crippen molar-refractivity contribution in [1.29, 1.82) is 0 Å². The largest absolute Gasteiger partial charge is 0.481 e. The van der Waals surface area contributed by atoms with Crippen molar-refractivity contribution in [3.63, 3.8) is 0 Å². The molecule has 7 heteroatoms. The zero-order valence-corrected chi connectivity index (χ0v) is 12.9. The number of anilines is 1. The molecule has 0 aromatic carbocycles. The number of methoxy groups -OCH3 is 1. The summed E-state index contributed by atoms with van der Waals surface area (Å²) in [6, 6.07) is 1.82. The summed E-state index contributed by atoms with van der Waals surface area (Å²) in [5, 5.41) is 0. The minimum atomic E-state index is 0.122. The van der Waals surface area contributed by atoms with Crippen LogP contribution in [-0.2, 0) is 9.53 Å². The fraction of sp³-hybridized carbons (Fsp3) is 0.667. The van der Waals surface area contributed by atoms with Crippen LogP contribution in [0.15, 0.2) is 12.4 Å². The quantitative estimate of drug-likeness (QED) is 0.816. The van der Waals surface area contributed by atoms with E-state index in [4.69, 9.17) is 9.47 Å². The van der Waals surface area contributed by atoms with Crippen LogP contribution in [0.4, 0.5) is 5.82 Å². The van der Waals surface area contributed by atoms with E-state index >= 15 is 0 Å². The second-order valence-corrected chi connectivity index (χ2v) is 5.63. The minimum Gasteiger partial charge on any atom is -0.481 e. The number of rotatable bonds is 4. The lowest BCUT2D eigenvalue weighted by molar-refractivity contribution is -0.133. The fourth-order valence-corrected chi connectivity index (χ4v) is 2.93. The van der Waals surface area contributed by atoms with Gasteiger partial charge in [0, 0.05) is 38.9 Å². The molecule has 120 valence electrons. The van der Waals surface area contributed by atoms with E-state index in [0.717, 1.165) is 51.4 Å². The van der Waals surface area contributed by atoms with Crippen LogP contribution in [0.25, 0.3) is 0 Å². The van der Waals surface area contributed by atoms with Gasteiger partial charge in [0.25, 0.3) is 0 Å². The van der Waals surface area contributed by atoms with E-state index in [0.29, 0.717) is 12.3 Å². The van der Waals surface area contributed by atoms with Crippen LogP contribution in [0.3, 0.4) is 0 Å². The van der Waals surface area contributed by atoms with Gasteiger partial charge in [0.15, 0.2) is 0 Å². The second kappa shape index (κ2) is 6.91. The molecule has 3 heterocycles. The van der Waals surface area contributed by atoms with Gasteiger partial charge in [-0.2, -0.15) is 0 Å². The van der Waals surface area contributed by atoms with Crippen molar-refractivity contribution in [2.75, 3.05) is 44.8 Å². The monoisotopic (exact) mass is 306 g/mol. The number of nitrogens with zero attached hydrogens (tertiary/aromatic N) is 4. The van der Waals surface area contributed by atoms with Crippen LogP contribution >= 0.6 is 0 Å². The number of hydrogen-bond donors (Lipinski definition) is 0. The first-order chi connectivity index (χ1) is 10.8. The van der Waals surface area contributed by atoms with Crippen LogP contribution in [0, 0.1) is 0 Å². The SMILES string of the molecule is COc1cc(N2CCN(C(=O)CC3CCCO3)CC2)ncn1. The molecule has 3 rings (SSSR count). The van der Waals surface area contributed by atoms with Crippen molar-refractivity contribution >= 4 is 11.7 Å². The average Bonchev–Trinajstić information content (AvgIpc) is 3.08. The van der Waals surface area contributed by atoms with Gasteiger partial charge in [-0.1, -0.05) is 0 Å². The number of hydrogen-bond acceptors (Lipinski definition) is 6. The number of piperazine rings is 1. The van der Waals surface area contributed by atoms with Gasteiger partial charge in [0.05, 0.1) is 19.6 Å². The molecular weight excluding hydrogens is 284 g/mol. The molecule has 1 amide bonds. The van der Waals surface area contributed by atoms with Crippen molar-refractivity contribution in [3.8, 4) is 5.88 Å². The average molecular weight is 306 g/mol. The Kier molecular flexibility index (Phi) is 4.72. The highest BCUT2D eigenvalue weighted by Gasteiger charge is 2.26. The molecule has 0 spiro atoms. The standard InChI is InChI=1S/C15H22N4O3/c1-21-14-10-13(16-11-17-14)18-4-6-19(7-5-18)15(20)9-12-3-2-8-22-12/h10-12H,2-9H2,1H3. The lowest BCUT2D eigenvalue weighted by Gasteiger charge is -2.35. The zero-order valence-electron chi connectivity index (χ0n) is 12.9. The topological polar surface area (TPSA) is 67.8 Å². The van der Waals surface area contributed by atoms with Crippen LogP contribution in [0.5, 0.6) is 5.88 Å². The molecule has 1 aromatic rings. The summed E-state index contributed by atoms with van der Waals surface area (Å²) in [7, 11) is 1.59. The van der Waals surface area contributed by atoms with Crippen LogP contribution < -0.4 is 9.64 Å². The molecule has 0 bridgehead atoms. The summed E-state index contributed by atoms with van der Waals surface area (Å²) < 4.78 is 10.7. The second-order valence-electron chi connectivity index (χ2n) is 5.63. The van der Waals surface area contributed by atoms with Crippen molar-refractivity contribution < 1.29 is 14.3 Å². The molecule has 1 atom stereocenters. The Morgan fingerprint density at radius 3 is 2.86 bits per heavy atom. The Hall–Kier alpha value is -1.89. The van der Waals surface area contributed by atoms with E-state index < -0.39 is 0 Å². The summed E-state index contributed by atoms with van der Waals surface area (Å²) in [5.74, 6) is 1.60. The van der Waals surface area contributed by atoms with Crippen LogP contribution in [-0.4, -0.2) is 66.8 Å². The summed E-state index contributed by atoms with van der Waals surface area (Å²) in [5.41, 5.74) is 0. The van der Waals surface area contributed by atoms with Gasteiger partial charge >= 0.3 is 0 Å². The molecule has 0 N–H and O–H groups in total. The summed E-state index contributed by atoms with van der Waals surface area (Å²) in [6.45, 7) is 3.78. The zero-order chi connectivity index (χ0) is 15.4. The van der Waals surface area contributed by atoms with Crippen molar-refractivity contribution in [2.45, 2.75) is 25.4 Å². The first kappa shape index (κ1) is 15.0. The van der Waals surface area contributed by atoms with Crippen molar-refractivity contribution in [1.82, 2.24) is 14.9 Å². The number of carbonyl (C=O) groups excluding carboxylic acids is 1. The van der Waals surface area contributed by atoms with E-state index in [-0.39, 0.29) is 12.0 Å². The predicted molar refractivity (Wildman–Crippen MR) is 81.0 cm³/mol. The smallest absolute Gasteiger partial charge is 0.225 e. The Bertz CT molecular complexity index is 511. The molecular formula is C15H22N4O3. The number of amides is 1. The van der Waals surface area contributed by atoms with Gasteiger partial charge in [-0.3, -0.25) is 4.79 Å². The third kappa shape index (κ3) is 3.47. The highest BCUT2D eigenvalue weighted by Crippen LogP contribution is 2.19. The molecule has 7 nitrogen and oxygen atoms in total. The highest BCUT2D eigenvalue weighted by atomic mass is 16.5. The van der Waals surface area contributed by atoms with Gasteiger partial charge in [0.2, 0.25) is 11.8 Å².